The molecule has 0 atom stereocenters. The Morgan fingerprint density at radius 3 is 2.24 bits per heavy atom. The van der Waals surface area contributed by atoms with Gasteiger partial charge in [-0.2, -0.15) is 5.10 Å². The molecule has 1 aromatic heterocycles. The standard InChI is InChI=1S/C23H34N4O2/c1-2-3-4-5-6-7-8-9-10-14-19-29-23(28)20-27-18-17-22(26-27)25-24-21-15-12-11-13-16-21/h11-13,15-18H,2-10,14,19-20H2,1H3/b25-24+. The molecule has 2 rings (SSSR count). The van der Waals surface area contributed by atoms with Crippen LogP contribution in [-0.4, -0.2) is 22.4 Å². The SMILES string of the molecule is CCCCCCCCCCCCOC(=O)Cn1ccc(/N=N/c2ccccc2)n1. The van der Waals surface area contributed by atoms with Gasteiger partial charge < -0.3 is 4.74 Å². The number of rotatable bonds is 15. The Labute approximate surface area is 174 Å². The molecule has 2 aromatic rings. The van der Waals surface area contributed by atoms with Crippen molar-refractivity contribution in [1.82, 2.24) is 9.78 Å². The van der Waals surface area contributed by atoms with Gasteiger partial charge in [-0.15, -0.1) is 10.2 Å². The van der Waals surface area contributed by atoms with Crippen molar-refractivity contribution in [3.05, 3.63) is 42.6 Å². The molecule has 0 fully saturated rings. The van der Waals surface area contributed by atoms with Crippen LogP contribution in [-0.2, 0) is 16.1 Å². The second-order valence-electron chi connectivity index (χ2n) is 7.31. The van der Waals surface area contributed by atoms with Gasteiger partial charge in [-0.25, -0.2) is 0 Å². The Morgan fingerprint density at radius 2 is 1.55 bits per heavy atom. The Morgan fingerprint density at radius 1 is 0.897 bits per heavy atom. The van der Waals surface area contributed by atoms with E-state index >= 15 is 0 Å². The molecule has 1 heterocycles. The Balaban J connectivity index is 1.51. The summed E-state index contributed by atoms with van der Waals surface area (Å²) < 4.78 is 6.83. The molecule has 0 bridgehead atoms. The van der Waals surface area contributed by atoms with Gasteiger partial charge in [0, 0.05) is 12.3 Å². The lowest BCUT2D eigenvalue weighted by molar-refractivity contribution is -0.144. The van der Waals surface area contributed by atoms with Crippen molar-refractivity contribution in [1.29, 1.82) is 0 Å². The zero-order chi connectivity index (χ0) is 20.6. The molecule has 1 aromatic carbocycles. The number of ether oxygens (including phenoxy) is 1. The van der Waals surface area contributed by atoms with Crippen molar-refractivity contribution >= 4 is 17.5 Å². The molecule has 158 valence electrons. The van der Waals surface area contributed by atoms with Gasteiger partial charge >= 0.3 is 5.97 Å². The second-order valence-corrected chi connectivity index (χ2v) is 7.31. The van der Waals surface area contributed by atoms with E-state index in [9.17, 15) is 4.79 Å². The summed E-state index contributed by atoms with van der Waals surface area (Å²) in [7, 11) is 0. The van der Waals surface area contributed by atoms with Crippen LogP contribution in [0.25, 0.3) is 0 Å². The lowest BCUT2D eigenvalue weighted by Crippen LogP contribution is -2.14. The fourth-order valence-corrected chi connectivity index (χ4v) is 3.05. The van der Waals surface area contributed by atoms with Gasteiger partial charge in [0.05, 0.1) is 12.3 Å². The van der Waals surface area contributed by atoms with Crippen LogP contribution in [0.1, 0.15) is 71.1 Å². The monoisotopic (exact) mass is 398 g/mol. The number of esters is 1. The summed E-state index contributed by atoms with van der Waals surface area (Å²) in [5.74, 6) is 0.201. The number of nitrogens with zero attached hydrogens (tertiary/aromatic N) is 4. The third-order valence-electron chi connectivity index (χ3n) is 4.70. The highest BCUT2D eigenvalue weighted by molar-refractivity contribution is 5.69. The van der Waals surface area contributed by atoms with Crippen LogP contribution in [0.4, 0.5) is 11.5 Å². The molecule has 0 saturated heterocycles. The second kappa shape index (κ2) is 14.5. The molecule has 0 N–H and O–H groups in total. The Hall–Kier alpha value is -2.50. The summed E-state index contributed by atoms with van der Waals surface area (Å²) in [4.78, 5) is 11.9. The van der Waals surface area contributed by atoms with Gasteiger partial charge in [0.2, 0.25) is 0 Å². The number of hydrogen-bond acceptors (Lipinski definition) is 5. The molecule has 6 heteroatoms. The largest absolute Gasteiger partial charge is 0.464 e. The number of unbranched alkanes of at least 4 members (excludes halogenated alkanes) is 9. The van der Waals surface area contributed by atoms with Crippen molar-refractivity contribution < 1.29 is 9.53 Å². The van der Waals surface area contributed by atoms with Crippen LogP contribution in [0.5, 0.6) is 0 Å². The van der Waals surface area contributed by atoms with E-state index in [1.54, 1.807) is 12.3 Å². The van der Waals surface area contributed by atoms with E-state index in [0.717, 1.165) is 18.5 Å². The zero-order valence-corrected chi connectivity index (χ0v) is 17.6. The maximum absolute atomic E-state index is 11.9. The smallest absolute Gasteiger partial charge is 0.327 e. The van der Waals surface area contributed by atoms with Crippen LogP contribution in [0, 0.1) is 0 Å². The van der Waals surface area contributed by atoms with E-state index in [2.05, 4.69) is 22.3 Å². The summed E-state index contributed by atoms with van der Waals surface area (Å²) in [6.45, 7) is 2.83. The third-order valence-corrected chi connectivity index (χ3v) is 4.70. The molecule has 0 aliphatic rings. The Bertz CT molecular complexity index is 713. The molecule has 0 unspecified atom stereocenters. The Kier molecular flexibility index (Phi) is 11.4. The van der Waals surface area contributed by atoms with E-state index in [1.165, 1.54) is 56.0 Å². The maximum atomic E-state index is 11.9. The van der Waals surface area contributed by atoms with Crippen molar-refractivity contribution in [3.8, 4) is 0 Å². The summed E-state index contributed by atoms with van der Waals surface area (Å²) in [5.41, 5.74) is 0.762. The first-order chi connectivity index (χ1) is 14.3. The molecule has 0 amide bonds. The van der Waals surface area contributed by atoms with E-state index in [-0.39, 0.29) is 12.5 Å². The van der Waals surface area contributed by atoms with E-state index in [4.69, 9.17) is 4.74 Å². The molecule has 0 radical (unpaired) electrons. The highest BCUT2D eigenvalue weighted by Crippen LogP contribution is 2.15. The average molecular weight is 399 g/mol. The van der Waals surface area contributed by atoms with Crippen molar-refractivity contribution in [2.24, 2.45) is 10.2 Å². The van der Waals surface area contributed by atoms with Crippen LogP contribution in [0.2, 0.25) is 0 Å². The van der Waals surface area contributed by atoms with Gasteiger partial charge in [0.1, 0.15) is 6.54 Å². The molecular formula is C23H34N4O2. The molecule has 0 aliphatic carbocycles. The summed E-state index contributed by atoms with van der Waals surface area (Å²) in [6, 6.07) is 11.2. The van der Waals surface area contributed by atoms with Gasteiger partial charge in [0.15, 0.2) is 5.82 Å². The lowest BCUT2D eigenvalue weighted by Gasteiger charge is -2.05. The van der Waals surface area contributed by atoms with Crippen LogP contribution < -0.4 is 0 Å². The first kappa shape index (κ1) is 22.8. The average Bonchev–Trinajstić information content (AvgIpc) is 3.18. The molecular weight excluding hydrogens is 364 g/mol. The lowest BCUT2D eigenvalue weighted by atomic mass is 10.1. The molecule has 0 spiro atoms. The minimum atomic E-state index is -0.268. The van der Waals surface area contributed by atoms with Gasteiger partial charge in [-0.3, -0.25) is 9.48 Å². The van der Waals surface area contributed by atoms with Gasteiger partial charge in [0.25, 0.3) is 0 Å². The van der Waals surface area contributed by atoms with E-state index < -0.39 is 0 Å². The number of azo groups is 1. The highest BCUT2D eigenvalue weighted by Gasteiger charge is 2.06. The normalized spacial score (nSPS) is 11.2. The predicted octanol–water partition coefficient (Wildman–Crippen LogP) is 6.76. The van der Waals surface area contributed by atoms with E-state index in [0.29, 0.717) is 12.4 Å². The number of aromatic nitrogens is 2. The number of hydrogen-bond donors (Lipinski definition) is 0. The number of carbonyl (C=O) groups is 1. The zero-order valence-electron chi connectivity index (χ0n) is 17.6. The third kappa shape index (κ3) is 10.6. The fraction of sp³-hybridized carbons (Fsp3) is 0.565. The minimum Gasteiger partial charge on any atom is -0.464 e. The quantitative estimate of drug-likeness (QED) is 0.189. The van der Waals surface area contributed by atoms with Crippen molar-refractivity contribution in [2.75, 3.05) is 6.61 Å². The van der Waals surface area contributed by atoms with Crippen molar-refractivity contribution in [2.45, 2.75) is 77.7 Å². The van der Waals surface area contributed by atoms with Crippen LogP contribution >= 0.6 is 0 Å². The number of benzene rings is 1. The molecule has 6 nitrogen and oxygen atoms in total. The summed E-state index contributed by atoms with van der Waals surface area (Å²) in [5, 5.41) is 12.4. The maximum Gasteiger partial charge on any atom is 0.327 e. The first-order valence-corrected chi connectivity index (χ1v) is 10.9. The first-order valence-electron chi connectivity index (χ1n) is 10.9. The molecule has 0 saturated carbocycles. The minimum absolute atomic E-state index is 0.0959. The van der Waals surface area contributed by atoms with E-state index in [1.807, 2.05) is 30.3 Å². The van der Waals surface area contributed by atoms with Gasteiger partial charge in [-0.1, -0.05) is 82.9 Å². The predicted molar refractivity (Wildman–Crippen MR) is 116 cm³/mol. The van der Waals surface area contributed by atoms with Crippen LogP contribution in [0.15, 0.2) is 52.8 Å². The number of carbonyl (C=O) groups excluding carboxylic acids is 1. The van der Waals surface area contributed by atoms with Gasteiger partial charge in [-0.05, 0) is 18.6 Å². The van der Waals surface area contributed by atoms with Crippen LogP contribution in [0.3, 0.4) is 0 Å². The van der Waals surface area contributed by atoms with Crippen molar-refractivity contribution in [3.63, 3.8) is 0 Å². The summed E-state index contributed by atoms with van der Waals surface area (Å²) in [6.07, 6.45) is 14.4. The topological polar surface area (TPSA) is 68.8 Å². The fourth-order valence-electron chi connectivity index (χ4n) is 3.05. The molecule has 29 heavy (non-hydrogen) atoms. The molecule has 0 aliphatic heterocycles. The summed E-state index contributed by atoms with van der Waals surface area (Å²) >= 11 is 0. The highest BCUT2D eigenvalue weighted by atomic mass is 16.5.